The predicted octanol–water partition coefficient (Wildman–Crippen LogP) is 1.37. The Kier molecular flexibility index (Phi) is 6.14. The average molecular weight is 350 g/mol. The van der Waals surface area contributed by atoms with E-state index in [2.05, 4.69) is 10.6 Å². The van der Waals surface area contributed by atoms with Gasteiger partial charge < -0.3 is 19.5 Å². The van der Waals surface area contributed by atoms with Gasteiger partial charge in [-0.05, 0) is 49.8 Å². The van der Waals surface area contributed by atoms with Crippen LogP contribution in [0.2, 0.25) is 0 Å². The van der Waals surface area contributed by atoms with Crippen LogP contribution in [0.1, 0.15) is 19.4 Å². The molecular weight excluding hydrogens is 332 g/mol. The number of carbonyl (C=O) groups is 2. The summed E-state index contributed by atoms with van der Waals surface area (Å²) in [6.45, 7) is 4.09. The summed E-state index contributed by atoms with van der Waals surface area (Å²) in [5.74, 6) is 0.149. The number of nitrogens with one attached hydrogen (secondary N) is 2. The summed E-state index contributed by atoms with van der Waals surface area (Å²) >= 11 is 4.89. The normalized spacial score (nSPS) is 15.0. The molecule has 0 saturated carbocycles. The number of esters is 1. The van der Waals surface area contributed by atoms with Crippen LogP contribution in [0, 0.1) is 0 Å². The lowest BCUT2D eigenvalue weighted by Gasteiger charge is -2.12. The predicted molar refractivity (Wildman–Crippen MR) is 91.6 cm³/mol. The molecule has 0 aliphatic carbocycles. The number of hydrogen-bond acceptors (Lipinski definition) is 6. The topological polar surface area (TPSA) is 85.9 Å². The minimum absolute atomic E-state index is 0.202. The van der Waals surface area contributed by atoms with E-state index in [-0.39, 0.29) is 17.6 Å². The Morgan fingerprint density at radius 3 is 2.58 bits per heavy atom. The van der Waals surface area contributed by atoms with Crippen molar-refractivity contribution in [2.75, 3.05) is 19.8 Å². The van der Waals surface area contributed by atoms with Crippen LogP contribution in [0.3, 0.4) is 0 Å². The quantitative estimate of drug-likeness (QED) is 0.436. The van der Waals surface area contributed by atoms with Gasteiger partial charge in [-0.25, -0.2) is 4.79 Å². The van der Waals surface area contributed by atoms with Crippen molar-refractivity contribution < 1.29 is 23.8 Å². The van der Waals surface area contributed by atoms with E-state index in [1.54, 1.807) is 31.2 Å². The second-order valence-corrected chi connectivity index (χ2v) is 5.11. The van der Waals surface area contributed by atoms with Gasteiger partial charge in [-0.15, -0.1) is 0 Å². The van der Waals surface area contributed by atoms with Gasteiger partial charge in [-0.3, -0.25) is 10.1 Å². The van der Waals surface area contributed by atoms with E-state index >= 15 is 0 Å². The van der Waals surface area contributed by atoms with Gasteiger partial charge in [0.15, 0.2) is 23.2 Å². The van der Waals surface area contributed by atoms with Crippen molar-refractivity contribution in [2.24, 2.45) is 0 Å². The lowest BCUT2D eigenvalue weighted by molar-refractivity contribution is -0.145. The molecule has 24 heavy (non-hydrogen) atoms. The molecular formula is C16H18N2O5S. The number of amides is 1. The van der Waals surface area contributed by atoms with E-state index in [0.717, 1.165) is 5.56 Å². The molecule has 1 heterocycles. The summed E-state index contributed by atoms with van der Waals surface area (Å²) in [6, 6.07) is 5.13. The van der Waals surface area contributed by atoms with Crippen LogP contribution in [0.5, 0.6) is 11.5 Å². The van der Waals surface area contributed by atoms with E-state index in [1.165, 1.54) is 0 Å². The summed E-state index contributed by atoms with van der Waals surface area (Å²) in [4.78, 5) is 23.1. The lowest BCUT2D eigenvalue weighted by Crippen LogP contribution is -2.21. The Hall–Kier alpha value is -2.61. The standard InChI is InChI=1S/C16H18N2O5S/c1-3-21-13-8-10(7-11-15(20)18-16(24)17-11)5-6-12(13)23-9-14(19)22-4-2/h5-8H,3-4,9H2,1-2H3,(H2,17,18,20,24)/b11-7+. The number of rotatable bonds is 7. The zero-order chi connectivity index (χ0) is 17.5. The fourth-order valence-electron chi connectivity index (χ4n) is 1.99. The number of carbonyl (C=O) groups excluding carboxylic acids is 2. The Bertz CT molecular complexity index is 687. The largest absolute Gasteiger partial charge is 0.490 e. The molecule has 1 aliphatic heterocycles. The number of hydrogen-bond donors (Lipinski definition) is 2. The maximum Gasteiger partial charge on any atom is 0.344 e. The fourth-order valence-corrected chi connectivity index (χ4v) is 2.19. The maximum atomic E-state index is 11.7. The first-order valence-corrected chi connectivity index (χ1v) is 7.83. The molecule has 1 amide bonds. The molecule has 0 bridgehead atoms. The molecule has 1 saturated heterocycles. The molecule has 1 aromatic carbocycles. The Morgan fingerprint density at radius 1 is 1.17 bits per heavy atom. The highest BCUT2D eigenvalue weighted by molar-refractivity contribution is 7.80. The van der Waals surface area contributed by atoms with Gasteiger partial charge in [-0.1, -0.05) is 6.07 Å². The minimum atomic E-state index is -0.452. The zero-order valence-electron chi connectivity index (χ0n) is 13.4. The molecule has 7 nitrogen and oxygen atoms in total. The van der Waals surface area contributed by atoms with Crippen molar-refractivity contribution in [3.63, 3.8) is 0 Å². The SMILES string of the molecule is CCOC(=O)COc1ccc(/C=C2/NC(=S)NC2=O)cc1OCC. The Labute approximate surface area is 145 Å². The first-order chi connectivity index (χ1) is 11.5. The highest BCUT2D eigenvalue weighted by atomic mass is 32.1. The maximum absolute atomic E-state index is 11.7. The summed E-state index contributed by atoms with van der Waals surface area (Å²) in [5.41, 5.74) is 1.08. The first-order valence-electron chi connectivity index (χ1n) is 7.42. The number of thiocarbonyl (C=S) groups is 1. The van der Waals surface area contributed by atoms with Crippen LogP contribution >= 0.6 is 12.2 Å². The van der Waals surface area contributed by atoms with Crippen molar-refractivity contribution >= 4 is 35.3 Å². The van der Waals surface area contributed by atoms with E-state index in [4.69, 9.17) is 26.4 Å². The van der Waals surface area contributed by atoms with Gasteiger partial charge in [0.25, 0.3) is 5.91 Å². The van der Waals surface area contributed by atoms with Crippen molar-refractivity contribution in [1.29, 1.82) is 0 Å². The van der Waals surface area contributed by atoms with E-state index in [9.17, 15) is 9.59 Å². The molecule has 1 aliphatic rings. The Morgan fingerprint density at radius 2 is 1.96 bits per heavy atom. The molecule has 8 heteroatoms. The lowest BCUT2D eigenvalue weighted by atomic mass is 10.1. The molecule has 0 aromatic heterocycles. The van der Waals surface area contributed by atoms with Gasteiger partial charge in [0, 0.05) is 0 Å². The molecule has 0 unspecified atom stereocenters. The smallest absolute Gasteiger partial charge is 0.344 e. The first kappa shape index (κ1) is 17.7. The van der Waals surface area contributed by atoms with Crippen molar-refractivity contribution in [3.8, 4) is 11.5 Å². The summed E-state index contributed by atoms with van der Waals surface area (Å²) in [7, 11) is 0. The molecule has 2 N–H and O–H groups in total. The van der Waals surface area contributed by atoms with Crippen LogP contribution in [-0.2, 0) is 14.3 Å². The molecule has 1 fully saturated rings. The monoisotopic (exact) mass is 350 g/mol. The third-order valence-electron chi connectivity index (χ3n) is 2.95. The van der Waals surface area contributed by atoms with E-state index in [0.29, 0.717) is 30.4 Å². The van der Waals surface area contributed by atoms with E-state index < -0.39 is 5.97 Å². The van der Waals surface area contributed by atoms with Crippen LogP contribution in [0.4, 0.5) is 0 Å². The molecule has 0 spiro atoms. The molecule has 2 rings (SSSR count). The van der Waals surface area contributed by atoms with E-state index in [1.807, 2.05) is 6.92 Å². The third kappa shape index (κ3) is 4.69. The second kappa shape index (κ2) is 8.30. The van der Waals surface area contributed by atoms with Crippen LogP contribution in [0.15, 0.2) is 23.9 Å². The summed E-state index contributed by atoms with van der Waals surface area (Å²) in [6.07, 6.45) is 1.65. The highest BCUT2D eigenvalue weighted by Crippen LogP contribution is 2.29. The van der Waals surface area contributed by atoms with Gasteiger partial charge in [0.2, 0.25) is 0 Å². The van der Waals surface area contributed by atoms with Crippen molar-refractivity contribution in [3.05, 3.63) is 29.5 Å². The number of ether oxygens (including phenoxy) is 3. The summed E-state index contributed by atoms with van der Waals surface area (Å²) in [5, 5.41) is 5.53. The zero-order valence-corrected chi connectivity index (χ0v) is 14.2. The van der Waals surface area contributed by atoms with Crippen molar-refractivity contribution in [2.45, 2.75) is 13.8 Å². The van der Waals surface area contributed by atoms with Crippen molar-refractivity contribution in [1.82, 2.24) is 10.6 Å². The number of benzene rings is 1. The average Bonchev–Trinajstić information content (AvgIpc) is 2.85. The summed E-state index contributed by atoms with van der Waals surface area (Å²) < 4.78 is 15.8. The third-order valence-corrected chi connectivity index (χ3v) is 3.15. The van der Waals surface area contributed by atoms with Crippen LogP contribution in [-0.4, -0.2) is 36.8 Å². The second-order valence-electron chi connectivity index (χ2n) is 4.70. The van der Waals surface area contributed by atoms with Gasteiger partial charge in [-0.2, -0.15) is 0 Å². The van der Waals surface area contributed by atoms with Gasteiger partial charge >= 0.3 is 5.97 Å². The van der Waals surface area contributed by atoms with Crippen LogP contribution in [0.25, 0.3) is 6.08 Å². The minimum Gasteiger partial charge on any atom is -0.490 e. The van der Waals surface area contributed by atoms with Gasteiger partial charge in [0.1, 0.15) is 5.70 Å². The van der Waals surface area contributed by atoms with Gasteiger partial charge in [0.05, 0.1) is 13.2 Å². The molecule has 0 radical (unpaired) electrons. The van der Waals surface area contributed by atoms with Crippen LogP contribution < -0.4 is 20.1 Å². The highest BCUT2D eigenvalue weighted by Gasteiger charge is 2.20. The Balaban J connectivity index is 2.16. The molecule has 128 valence electrons. The molecule has 0 atom stereocenters. The molecule has 1 aromatic rings. The fraction of sp³-hybridized carbons (Fsp3) is 0.312.